The molecule has 26 heavy (non-hydrogen) atoms. The van der Waals surface area contributed by atoms with Crippen LogP contribution in [0.25, 0.3) is 11.1 Å². The molecule has 0 aliphatic heterocycles. The number of pyridine rings is 1. The largest absolute Gasteiger partial charge is 0.324 e. The number of nitrogens with one attached hydrogen (secondary N) is 3. The van der Waals surface area contributed by atoms with Crippen molar-refractivity contribution >= 4 is 30.2 Å². The Labute approximate surface area is 157 Å². The molecular formula is C19H21N5OS. The number of hydrogen-bond acceptors (Lipinski definition) is 4. The van der Waals surface area contributed by atoms with Gasteiger partial charge in [-0.2, -0.15) is 5.10 Å². The molecule has 134 valence electrons. The van der Waals surface area contributed by atoms with E-state index in [0.29, 0.717) is 16.4 Å². The Hall–Kier alpha value is -2.80. The van der Waals surface area contributed by atoms with Crippen LogP contribution in [-0.4, -0.2) is 21.2 Å². The van der Waals surface area contributed by atoms with Gasteiger partial charge in [-0.3, -0.25) is 15.4 Å². The minimum atomic E-state index is -0.371. The van der Waals surface area contributed by atoms with Gasteiger partial charge in [-0.25, -0.2) is 4.79 Å². The molecule has 0 saturated carbocycles. The summed E-state index contributed by atoms with van der Waals surface area (Å²) in [6.07, 6.45) is 3.48. The minimum Gasteiger partial charge on any atom is -0.307 e. The lowest BCUT2D eigenvalue weighted by Gasteiger charge is -2.14. The summed E-state index contributed by atoms with van der Waals surface area (Å²) in [5.74, 6) is 0.474. The molecule has 3 rings (SSSR count). The molecule has 0 aliphatic carbocycles. The van der Waals surface area contributed by atoms with Crippen LogP contribution in [-0.2, 0) is 5.41 Å². The zero-order valence-corrected chi connectivity index (χ0v) is 15.8. The maximum atomic E-state index is 12.2. The average Bonchev–Trinajstić information content (AvgIpc) is 3.06. The van der Waals surface area contributed by atoms with E-state index in [4.69, 9.17) is 0 Å². The normalized spacial score (nSPS) is 11.2. The number of aromatic nitrogens is 3. The van der Waals surface area contributed by atoms with E-state index in [1.54, 1.807) is 12.4 Å². The molecule has 3 N–H and O–H groups in total. The Kier molecular flexibility index (Phi) is 4.99. The number of carbonyl (C=O) groups is 1. The summed E-state index contributed by atoms with van der Waals surface area (Å²) in [6.45, 7) is 6.21. The van der Waals surface area contributed by atoms with Gasteiger partial charge in [0, 0.05) is 34.5 Å². The third-order valence-corrected chi connectivity index (χ3v) is 4.26. The number of H-pyrrole nitrogens is 1. The van der Waals surface area contributed by atoms with Gasteiger partial charge in [0.1, 0.15) is 0 Å². The number of amides is 2. The maximum absolute atomic E-state index is 12.2. The monoisotopic (exact) mass is 367 g/mol. The van der Waals surface area contributed by atoms with E-state index in [0.717, 1.165) is 16.8 Å². The Bertz CT molecular complexity index is 915. The molecule has 0 unspecified atom stereocenters. The predicted molar refractivity (Wildman–Crippen MR) is 107 cm³/mol. The van der Waals surface area contributed by atoms with Gasteiger partial charge in [-0.15, -0.1) is 12.6 Å². The maximum Gasteiger partial charge on any atom is 0.324 e. The zero-order chi connectivity index (χ0) is 18.7. The number of hydrogen-bond donors (Lipinski definition) is 4. The zero-order valence-electron chi connectivity index (χ0n) is 14.9. The average molecular weight is 367 g/mol. The molecule has 7 heteroatoms. The van der Waals surface area contributed by atoms with E-state index in [1.165, 1.54) is 0 Å². The molecule has 0 bridgehead atoms. The number of carbonyl (C=O) groups excluding carboxylic acids is 1. The third-order valence-electron chi connectivity index (χ3n) is 3.89. The van der Waals surface area contributed by atoms with Crippen molar-refractivity contribution in [3.63, 3.8) is 0 Å². The number of urea groups is 1. The fraction of sp³-hybridized carbons (Fsp3) is 0.211. The van der Waals surface area contributed by atoms with Crippen LogP contribution in [0, 0.1) is 0 Å². The topological polar surface area (TPSA) is 82.7 Å². The van der Waals surface area contributed by atoms with Crippen LogP contribution in [0.4, 0.5) is 16.3 Å². The van der Waals surface area contributed by atoms with Gasteiger partial charge < -0.3 is 5.32 Å². The lowest BCUT2D eigenvalue weighted by atomic mass is 9.92. The summed E-state index contributed by atoms with van der Waals surface area (Å²) in [4.78, 5) is 16.9. The van der Waals surface area contributed by atoms with E-state index in [9.17, 15) is 4.79 Å². The molecule has 6 nitrogen and oxygen atoms in total. The van der Waals surface area contributed by atoms with Crippen LogP contribution in [0.15, 0.2) is 53.7 Å². The Morgan fingerprint density at radius 2 is 1.77 bits per heavy atom. The second kappa shape index (κ2) is 7.21. The van der Waals surface area contributed by atoms with Crippen molar-refractivity contribution in [2.45, 2.75) is 31.1 Å². The van der Waals surface area contributed by atoms with E-state index < -0.39 is 0 Å². The quantitative estimate of drug-likeness (QED) is 0.506. The molecule has 1 aromatic carbocycles. The number of nitrogens with zero attached hydrogens (tertiary/aromatic N) is 2. The van der Waals surface area contributed by atoms with E-state index >= 15 is 0 Å². The van der Waals surface area contributed by atoms with Crippen LogP contribution < -0.4 is 10.6 Å². The van der Waals surface area contributed by atoms with Crippen LogP contribution in [0.5, 0.6) is 0 Å². The highest BCUT2D eigenvalue weighted by molar-refractivity contribution is 7.80. The summed E-state index contributed by atoms with van der Waals surface area (Å²) in [6, 6.07) is 11.0. The lowest BCUT2D eigenvalue weighted by Crippen LogP contribution is -2.20. The fourth-order valence-electron chi connectivity index (χ4n) is 2.40. The van der Waals surface area contributed by atoms with Crippen molar-refractivity contribution in [3.8, 4) is 11.1 Å². The molecule has 0 saturated heterocycles. The summed E-state index contributed by atoms with van der Waals surface area (Å²) in [5, 5.41) is 12.6. The smallest absolute Gasteiger partial charge is 0.307 e. The lowest BCUT2D eigenvalue weighted by molar-refractivity contribution is 0.262. The van der Waals surface area contributed by atoms with Crippen molar-refractivity contribution in [1.82, 2.24) is 15.2 Å². The number of thiol groups is 1. The SMILES string of the molecule is CC(C)(C)c1cc(NC(=O)Nc2ccc(-c3ccncc3)cc2S)n[nH]1. The second-order valence-corrected chi connectivity index (χ2v) is 7.45. The molecule has 0 atom stereocenters. The molecule has 3 aromatic rings. The molecule has 0 aliphatic rings. The van der Waals surface area contributed by atoms with Crippen LogP contribution >= 0.6 is 12.6 Å². The highest BCUT2D eigenvalue weighted by atomic mass is 32.1. The highest BCUT2D eigenvalue weighted by Crippen LogP contribution is 2.27. The van der Waals surface area contributed by atoms with Crippen molar-refractivity contribution in [2.75, 3.05) is 10.6 Å². The number of rotatable bonds is 3. The van der Waals surface area contributed by atoms with Gasteiger partial charge in [0.15, 0.2) is 5.82 Å². The van der Waals surface area contributed by atoms with E-state index in [-0.39, 0.29) is 11.4 Å². The van der Waals surface area contributed by atoms with Crippen molar-refractivity contribution in [2.24, 2.45) is 0 Å². The van der Waals surface area contributed by atoms with Gasteiger partial charge in [0.05, 0.1) is 5.69 Å². The molecule has 2 heterocycles. The van der Waals surface area contributed by atoms with Gasteiger partial charge in [0.2, 0.25) is 0 Å². The number of aromatic amines is 1. The Balaban J connectivity index is 1.69. The summed E-state index contributed by atoms with van der Waals surface area (Å²) in [7, 11) is 0. The fourth-order valence-corrected chi connectivity index (χ4v) is 2.67. The predicted octanol–water partition coefficient (Wildman–Crippen LogP) is 4.70. The molecule has 0 radical (unpaired) electrons. The van der Waals surface area contributed by atoms with Crippen molar-refractivity contribution in [3.05, 3.63) is 54.5 Å². The summed E-state index contributed by atoms with van der Waals surface area (Å²) < 4.78 is 0. The molecule has 0 spiro atoms. The third kappa shape index (κ3) is 4.23. The van der Waals surface area contributed by atoms with Crippen molar-refractivity contribution in [1.29, 1.82) is 0 Å². The van der Waals surface area contributed by atoms with E-state index in [2.05, 4.69) is 59.2 Å². The summed E-state index contributed by atoms with van der Waals surface area (Å²) in [5.41, 5.74) is 3.55. The number of benzene rings is 1. The Morgan fingerprint density at radius 1 is 1.04 bits per heavy atom. The van der Waals surface area contributed by atoms with Gasteiger partial charge >= 0.3 is 6.03 Å². The first-order chi connectivity index (χ1) is 12.3. The van der Waals surface area contributed by atoms with Gasteiger partial charge in [-0.1, -0.05) is 26.8 Å². The summed E-state index contributed by atoms with van der Waals surface area (Å²) >= 11 is 4.48. The van der Waals surface area contributed by atoms with Crippen LogP contribution in [0.2, 0.25) is 0 Å². The molecule has 0 fully saturated rings. The van der Waals surface area contributed by atoms with Crippen molar-refractivity contribution < 1.29 is 4.79 Å². The first kappa shape index (κ1) is 18.0. The first-order valence-electron chi connectivity index (χ1n) is 8.20. The number of anilines is 2. The van der Waals surface area contributed by atoms with Gasteiger partial charge in [-0.05, 0) is 35.4 Å². The minimum absolute atomic E-state index is 0.0650. The highest BCUT2D eigenvalue weighted by Gasteiger charge is 2.17. The van der Waals surface area contributed by atoms with Crippen LogP contribution in [0.3, 0.4) is 0 Å². The van der Waals surface area contributed by atoms with Crippen LogP contribution in [0.1, 0.15) is 26.5 Å². The van der Waals surface area contributed by atoms with Gasteiger partial charge in [0.25, 0.3) is 0 Å². The molecular weight excluding hydrogens is 346 g/mol. The first-order valence-corrected chi connectivity index (χ1v) is 8.65. The van der Waals surface area contributed by atoms with E-state index in [1.807, 2.05) is 36.4 Å². The molecule has 2 aromatic heterocycles. The molecule has 2 amide bonds. The standard InChI is InChI=1S/C19H21N5OS/c1-19(2,3)16-11-17(24-23-16)22-18(25)21-14-5-4-13(10-15(14)26)12-6-8-20-9-7-12/h4-11,26H,1-3H3,(H3,21,22,23,24,25). The Morgan fingerprint density at radius 3 is 2.38 bits per heavy atom. The second-order valence-electron chi connectivity index (χ2n) is 6.96.